The molecule has 0 saturated carbocycles. The molecule has 0 spiro atoms. The molecular formula is C12H17N3O2S. The van der Waals surface area contributed by atoms with Gasteiger partial charge in [0.1, 0.15) is 0 Å². The Bertz CT molecular complexity index is 467. The van der Waals surface area contributed by atoms with Crippen molar-refractivity contribution < 1.29 is 9.90 Å². The molecule has 5 nitrogen and oxygen atoms in total. The first-order valence-corrected chi connectivity index (χ1v) is 6.93. The van der Waals surface area contributed by atoms with Crippen LogP contribution in [-0.2, 0) is 0 Å². The van der Waals surface area contributed by atoms with Gasteiger partial charge < -0.3 is 15.7 Å². The van der Waals surface area contributed by atoms with E-state index in [1.54, 1.807) is 0 Å². The first kappa shape index (κ1) is 13.0. The molecule has 2 heterocycles. The van der Waals surface area contributed by atoms with Gasteiger partial charge in [0.05, 0.1) is 11.3 Å². The molecule has 6 heteroatoms. The van der Waals surface area contributed by atoms with Gasteiger partial charge >= 0.3 is 5.97 Å². The summed E-state index contributed by atoms with van der Waals surface area (Å²) in [7, 11) is 0. The van der Waals surface area contributed by atoms with Crippen molar-refractivity contribution in [3.8, 4) is 0 Å². The van der Waals surface area contributed by atoms with Crippen molar-refractivity contribution in [2.45, 2.75) is 25.1 Å². The Labute approximate surface area is 110 Å². The van der Waals surface area contributed by atoms with Crippen LogP contribution in [0.25, 0.3) is 0 Å². The molecule has 18 heavy (non-hydrogen) atoms. The number of anilines is 2. The monoisotopic (exact) mass is 267 g/mol. The number of thioether (sulfide) groups is 1. The molecule has 0 amide bonds. The number of hydrogen-bond acceptors (Lipinski definition) is 5. The fraction of sp³-hybridized carbons (Fsp3) is 0.500. The summed E-state index contributed by atoms with van der Waals surface area (Å²) in [6, 6.07) is 1.73. The van der Waals surface area contributed by atoms with E-state index in [-0.39, 0.29) is 11.3 Å². The Morgan fingerprint density at radius 2 is 2.33 bits per heavy atom. The van der Waals surface area contributed by atoms with Crippen molar-refractivity contribution in [3.63, 3.8) is 0 Å². The van der Waals surface area contributed by atoms with Crippen LogP contribution in [0.3, 0.4) is 0 Å². The third-order valence-corrected chi connectivity index (χ3v) is 4.69. The summed E-state index contributed by atoms with van der Waals surface area (Å²) in [5.74, 6) is 0.585. The van der Waals surface area contributed by atoms with Crippen LogP contribution in [0, 0.1) is 0 Å². The maximum Gasteiger partial charge on any atom is 0.337 e. The topological polar surface area (TPSA) is 79.5 Å². The quantitative estimate of drug-likeness (QED) is 0.849. The minimum Gasteiger partial charge on any atom is -0.478 e. The summed E-state index contributed by atoms with van der Waals surface area (Å²) in [5.41, 5.74) is 6.31. The summed E-state index contributed by atoms with van der Waals surface area (Å²) in [5, 5.41) is 9.56. The number of carbonyl (C=O) groups is 1. The third-order valence-electron chi connectivity index (χ3n) is 3.36. The Balaban J connectivity index is 2.38. The van der Waals surface area contributed by atoms with Crippen LogP contribution in [0.5, 0.6) is 0 Å². The minimum atomic E-state index is -1.01. The summed E-state index contributed by atoms with van der Waals surface area (Å²) in [4.78, 5) is 17.4. The largest absolute Gasteiger partial charge is 0.478 e. The average molecular weight is 267 g/mol. The molecule has 2 unspecified atom stereocenters. The molecular weight excluding hydrogens is 250 g/mol. The summed E-state index contributed by atoms with van der Waals surface area (Å²) in [6.07, 6.45) is 1.51. The van der Waals surface area contributed by atoms with Gasteiger partial charge in [0.2, 0.25) is 0 Å². The lowest BCUT2D eigenvalue weighted by molar-refractivity contribution is 0.0698. The molecule has 1 aliphatic rings. The number of carboxylic acid groups (broad SMARTS) is 1. The second kappa shape index (κ2) is 5.06. The number of nitrogen functional groups attached to an aromatic ring is 1. The molecule has 0 radical (unpaired) electrons. The first-order valence-electron chi connectivity index (χ1n) is 5.88. The van der Waals surface area contributed by atoms with Crippen molar-refractivity contribution in [1.82, 2.24) is 4.98 Å². The van der Waals surface area contributed by atoms with Gasteiger partial charge in [-0.1, -0.05) is 6.92 Å². The van der Waals surface area contributed by atoms with E-state index >= 15 is 0 Å². The molecule has 3 N–H and O–H groups in total. The number of aromatic nitrogens is 1. The van der Waals surface area contributed by atoms with Crippen molar-refractivity contribution in [1.29, 1.82) is 0 Å². The fourth-order valence-electron chi connectivity index (χ4n) is 2.11. The minimum absolute atomic E-state index is 0.123. The lowest BCUT2D eigenvalue weighted by atomic mass is 10.1. The number of carboxylic acids is 1. The number of rotatable bonds is 2. The highest BCUT2D eigenvalue weighted by Gasteiger charge is 2.28. The molecule has 1 aliphatic heterocycles. The molecule has 1 aromatic heterocycles. The molecule has 0 bridgehead atoms. The molecule has 0 aliphatic carbocycles. The fourth-order valence-corrected chi connectivity index (χ4v) is 3.21. The summed E-state index contributed by atoms with van der Waals surface area (Å²) < 4.78 is 0. The van der Waals surface area contributed by atoms with Crippen LogP contribution in [0.2, 0.25) is 0 Å². The van der Waals surface area contributed by atoms with Crippen LogP contribution in [0.4, 0.5) is 11.5 Å². The zero-order valence-corrected chi connectivity index (χ0v) is 11.3. The number of nitrogens with two attached hydrogens (primary N) is 1. The molecule has 98 valence electrons. The van der Waals surface area contributed by atoms with Crippen molar-refractivity contribution in [2.24, 2.45) is 0 Å². The van der Waals surface area contributed by atoms with E-state index in [0.717, 1.165) is 12.3 Å². The molecule has 1 saturated heterocycles. The van der Waals surface area contributed by atoms with E-state index in [0.29, 0.717) is 17.1 Å². The van der Waals surface area contributed by atoms with Crippen molar-refractivity contribution in [3.05, 3.63) is 17.8 Å². The lowest BCUT2D eigenvalue weighted by Crippen LogP contribution is -2.45. The molecule has 1 fully saturated rings. The SMILES string of the molecule is CC1SCCN(c2nccc(C(=O)O)c2N)C1C. The zero-order valence-electron chi connectivity index (χ0n) is 10.5. The Morgan fingerprint density at radius 3 is 3.00 bits per heavy atom. The van der Waals surface area contributed by atoms with Crippen LogP contribution < -0.4 is 10.6 Å². The second-order valence-electron chi connectivity index (χ2n) is 4.41. The highest BCUT2D eigenvalue weighted by atomic mass is 32.2. The smallest absolute Gasteiger partial charge is 0.337 e. The van der Waals surface area contributed by atoms with E-state index in [1.165, 1.54) is 12.3 Å². The standard InChI is InChI=1S/C12H17N3O2S/c1-7-8(2)18-6-5-15(7)11-10(13)9(12(16)17)3-4-14-11/h3-4,7-8H,5-6,13H2,1-2H3,(H,16,17). The first-order chi connectivity index (χ1) is 8.52. The molecule has 2 rings (SSSR count). The maximum absolute atomic E-state index is 11.1. The predicted molar refractivity (Wildman–Crippen MR) is 74.3 cm³/mol. The van der Waals surface area contributed by atoms with Gasteiger partial charge in [-0.15, -0.1) is 0 Å². The van der Waals surface area contributed by atoms with Crippen LogP contribution >= 0.6 is 11.8 Å². The van der Waals surface area contributed by atoms with Crippen LogP contribution in [0.15, 0.2) is 12.3 Å². The number of pyridine rings is 1. The zero-order chi connectivity index (χ0) is 13.3. The Morgan fingerprint density at radius 1 is 1.61 bits per heavy atom. The molecule has 2 atom stereocenters. The summed E-state index contributed by atoms with van der Waals surface area (Å²) in [6.45, 7) is 5.13. The van der Waals surface area contributed by atoms with Gasteiger partial charge in [0.15, 0.2) is 5.82 Å². The number of nitrogens with zero attached hydrogens (tertiary/aromatic N) is 2. The highest BCUT2D eigenvalue weighted by Crippen LogP contribution is 2.32. The van der Waals surface area contributed by atoms with E-state index < -0.39 is 5.97 Å². The Kier molecular flexibility index (Phi) is 3.65. The van der Waals surface area contributed by atoms with Crippen LogP contribution in [0.1, 0.15) is 24.2 Å². The van der Waals surface area contributed by atoms with E-state index in [9.17, 15) is 4.79 Å². The summed E-state index contributed by atoms with van der Waals surface area (Å²) >= 11 is 1.91. The van der Waals surface area contributed by atoms with Crippen molar-refractivity contribution in [2.75, 3.05) is 22.9 Å². The van der Waals surface area contributed by atoms with Gasteiger partial charge in [0, 0.05) is 29.8 Å². The van der Waals surface area contributed by atoms with Gasteiger partial charge in [-0.25, -0.2) is 9.78 Å². The van der Waals surface area contributed by atoms with Gasteiger partial charge in [-0.05, 0) is 13.0 Å². The van der Waals surface area contributed by atoms with Gasteiger partial charge in [-0.2, -0.15) is 11.8 Å². The normalized spacial score (nSPS) is 24.0. The van der Waals surface area contributed by atoms with Gasteiger partial charge in [0.25, 0.3) is 0 Å². The number of aromatic carboxylic acids is 1. The average Bonchev–Trinajstić information content (AvgIpc) is 2.33. The maximum atomic E-state index is 11.1. The highest BCUT2D eigenvalue weighted by molar-refractivity contribution is 8.00. The van der Waals surface area contributed by atoms with Crippen molar-refractivity contribution >= 4 is 29.2 Å². The third kappa shape index (κ3) is 2.25. The van der Waals surface area contributed by atoms with Gasteiger partial charge in [-0.3, -0.25) is 0 Å². The molecule has 0 aromatic carbocycles. The second-order valence-corrected chi connectivity index (χ2v) is 5.90. The van der Waals surface area contributed by atoms with E-state index in [2.05, 4.69) is 23.7 Å². The number of hydrogen-bond donors (Lipinski definition) is 2. The predicted octanol–water partition coefficient (Wildman–Crippen LogP) is 1.69. The Hall–Kier alpha value is -1.43. The van der Waals surface area contributed by atoms with Crippen LogP contribution in [-0.4, -0.2) is 39.6 Å². The van der Waals surface area contributed by atoms with E-state index in [4.69, 9.17) is 10.8 Å². The van der Waals surface area contributed by atoms with E-state index in [1.807, 2.05) is 11.8 Å². The molecule has 1 aromatic rings. The lowest BCUT2D eigenvalue weighted by Gasteiger charge is -2.38.